The Bertz CT molecular complexity index is 628. The summed E-state index contributed by atoms with van der Waals surface area (Å²) in [6.07, 6.45) is 0.940. The first-order chi connectivity index (χ1) is 12.0. The molecule has 1 aliphatic rings. The van der Waals surface area contributed by atoms with Crippen LogP contribution in [0.1, 0.15) is 6.42 Å². The van der Waals surface area contributed by atoms with Crippen LogP contribution in [0.15, 0.2) is 26.7 Å². The molecule has 3 N–H and O–H groups in total. The van der Waals surface area contributed by atoms with Crippen LogP contribution in [0.3, 0.4) is 0 Å². The van der Waals surface area contributed by atoms with Crippen LogP contribution in [0.5, 0.6) is 0 Å². The van der Waals surface area contributed by atoms with Gasteiger partial charge in [0, 0.05) is 46.3 Å². The first kappa shape index (κ1) is 20.1. The van der Waals surface area contributed by atoms with E-state index in [9.17, 15) is 8.42 Å². The number of sulfonamides is 1. The molecule has 0 radical (unpaired) electrons. The fraction of sp³-hybridized carbons (Fsp3) is 0.667. The number of aliphatic imine (C=N–C) groups is 1. The van der Waals surface area contributed by atoms with Crippen molar-refractivity contribution in [3.8, 4) is 0 Å². The summed E-state index contributed by atoms with van der Waals surface area (Å²) in [5.41, 5.74) is 5.82. The number of ether oxygens (including phenoxy) is 1. The van der Waals surface area contributed by atoms with Gasteiger partial charge >= 0.3 is 0 Å². The molecule has 25 heavy (non-hydrogen) atoms. The maximum Gasteiger partial charge on any atom is 0.252 e. The third-order valence-corrected chi connectivity index (χ3v) is 7.14. The Morgan fingerprint density at radius 2 is 2.24 bits per heavy atom. The SMILES string of the molecule is CN(CCNC(N)=NCCCN1CCOCC1)S(=O)(=O)c1cccs1. The van der Waals surface area contributed by atoms with Gasteiger partial charge in [-0.1, -0.05) is 6.07 Å². The number of nitrogens with zero attached hydrogens (tertiary/aromatic N) is 3. The van der Waals surface area contributed by atoms with Crippen molar-refractivity contribution in [1.29, 1.82) is 0 Å². The number of likely N-dealkylation sites (N-methyl/N-ethyl adjacent to an activating group) is 1. The van der Waals surface area contributed by atoms with E-state index in [-0.39, 0.29) is 0 Å². The average molecular weight is 390 g/mol. The summed E-state index contributed by atoms with van der Waals surface area (Å²) in [5, 5.41) is 4.71. The van der Waals surface area contributed by atoms with E-state index in [0.29, 0.717) is 29.8 Å². The highest BCUT2D eigenvalue weighted by molar-refractivity contribution is 7.91. The molecule has 1 saturated heterocycles. The predicted octanol–water partition coefficient (Wildman–Crippen LogP) is -0.00480. The Hall–Kier alpha value is -1.20. The van der Waals surface area contributed by atoms with Crippen molar-refractivity contribution in [1.82, 2.24) is 14.5 Å². The number of hydrogen-bond donors (Lipinski definition) is 2. The Labute approximate surface area is 153 Å². The van der Waals surface area contributed by atoms with Gasteiger partial charge in [0.25, 0.3) is 10.0 Å². The molecular formula is C15H27N5O3S2. The molecule has 142 valence electrons. The summed E-state index contributed by atoms with van der Waals surface area (Å²) >= 11 is 1.21. The van der Waals surface area contributed by atoms with Crippen molar-refractivity contribution in [2.45, 2.75) is 10.6 Å². The van der Waals surface area contributed by atoms with Gasteiger partial charge in [-0.3, -0.25) is 9.89 Å². The lowest BCUT2D eigenvalue weighted by Crippen LogP contribution is -2.39. The molecule has 0 aliphatic carbocycles. The van der Waals surface area contributed by atoms with Crippen LogP contribution in [0.25, 0.3) is 0 Å². The molecule has 1 aliphatic heterocycles. The molecule has 1 aromatic heterocycles. The van der Waals surface area contributed by atoms with E-state index in [1.807, 2.05) is 0 Å². The van der Waals surface area contributed by atoms with E-state index < -0.39 is 10.0 Å². The number of nitrogens with two attached hydrogens (primary N) is 1. The van der Waals surface area contributed by atoms with Gasteiger partial charge in [0.1, 0.15) is 4.21 Å². The third kappa shape index (κ3) is 6.55. The molecule has 2 heterocycles. The fourth-order valence-corrected chi connectivity index (χ4v) is 4.77. The van der Waals surface area contributed by atoms with Gasteiger partial charge in [-0.15, -0.1) is 11.3 Å². The highest BCUT2D eigenvalue weighted by atomic mass is 32.2. The first-order valence-corrected chi connectivity index (χ1v) is 10.7. The van der Waals surface area contributed by atoms with Gasteiger partial charge in [-0.25, -0.2) is 8.42 Å². The molecule has 0 aromatic carbocycles. The molecule has 1 aromatic rings. The second kappa shape index (κ2) is 10.1. The topological polar surface area (TPSA) is 100 Å². The van der Waals surface area contributed by atoms with Crippen molar-refractivity contribution in [3.05, 3.63) is 17.5 Å². The minimum Gasteiger partial charge on any atom is -0.379 e. The van der Waals surface area contributed by atoms with Crippen molar-refractivity contribution in [2.75, 3.05) is 59.5 Å². The summed E-state index contributed by atoms with van der Waals surface area (Å²) in [6, 6.07) is 3.33. The minimum absolute atomic E-state index is 0.324. The summed E-state index contributed by atoms with van der Waals surface area (Å²) in [7, 11) is -1.85. The normalized spacial score (nSPS) is 17.1. The summed E-state index contributed by atoms with van der Waals surface area (Å²) < 4.78 is 31.5. The van der Waals surface area contributed by atoms with Crippen LogP contribution in [0.2, 0.25) is 0 Å². The molecule has 1 fully saturated rings. The Morgan fingerprint density at radius 1 is 1.48 bits per heavy atom. The van der Waals surface area contributed by atoms with Crippen molar-refractivity contribution in [3.63, 3.8) is 0 Å². The molecule has 0 amide bonds. The van der Waals surface area contributed by atoms with Crippen LogP contribution in [0.4, 0.5) is 0 Å². The zero-order valence-electron chi connectivity index (χ0n) is 14.6. The molecular weight excluding hydrogens is 362 g/mol. The molecule has 10 heteroatoms. The second-order valence-corrected chi connectivity index (χ2v) is 8.98. The van der Waals surface area contributed by atoms with Crippen LogP contribution >= 0.6 is 11.3 Å². The zero-order valence-corrected chi connectivity index (χ0v) is 16.2. The quantitative estimate of drug-likeness (QED) is 0.350. The maximum absolute atomic E-state index is 12.3. The highest BCUT2D eigenvalue weighted by Gasteiger charge is 2.21. The van der Waals surface area contributed by atoms with Gasteiger partial charge in [0.2, 0.25) is 0 Å². The number of thiophene rings is 1. The van der Waals surface area contributed by atoms with E-state index >= 15 is 0 Å². The van der Waals surface area contributed by atoms with Gasteiger partial charge in [-0.2, -0.15) is 4.31 Å². The van der Waals surface area contributed by atoms with Gasteiger partial charge < -0.3 is 15.8 Å². The Morgan fingerprint density at radius 3 is 2.92 bits per heavy atom. The van der Waals surface area contributed by atoms with E-state index in [2.05, 4.69) is 15.2 Å². The van der Waals surface area contributed by atoms with Crippen LogP contribution < -0.4 is 11.1 Å². The van der Waals surface area contributed by atoms with Gasteiger partial charge in [0.05, 0.1) is 13.2 Å². The molecule has 0 bridgehead atoms. The first-order valence-electron chi connectivity index (χ1n) is 8.34. The monoisotopic (exact) mass is 389 g/mol. The molecule has 8 nitrogen and oxygen atoms in total. The average Bonchev–Trinajstić information content (AvgIpc) is 3.15. The van der Waals surface area contributed by atoms with E-state index in [1.54, 1.807) is 24.6 Å². The number of hydrogen-bond acceptors (Lipinski definition) is 6. The predicted molar refractivity (Wildman–Crippen MR) is 101 cm³/mol. The van der Waals surface area contributed by atoms with Crippen LogP contribution in [-0.2, 0) is 14.8 Å². The molecule has 2 rings (SSSR count). The van der Waals surface area contributed by atoms with Crippen molar-refractivity contribution >= 4 is 27.3 Å². The van der Waals surface area contributed by atoms with Crippen molar-refractivity contribution < 1.29 is 13.2 Å². The summed E-state index contributed by atoms with van der Waals surface area (Å²) in [6.45, 7) is 5.93. The standard InChI is InChI=1S/C15H27N5O3S2/c1-19(25(21,22)14-4-2-13-24-14)8-6-18-15(16)17-5-3-7-20-9-11-23-12-10-20/h2,4,13H,3,5-12H2,1H3,(H3,16,17,18). The maximum atomic E-state index is 12.3. The molecule has 0 atom stereocenters. The van der Waals surface area contributed by atoms with Gasteiger partial charge in [-0.05, 0) is 17.9 Å². The zero-order chi connectivity index (χ0) is 18.1. The number of guanidine groups is 1. The number of rotatable bonds is 9. The summed E-state index contributed by atoms with van der Waals surface area (Å²) in [4.78, 5) is 6.63. The summed E-state index contributed by atoms with van der Waals surface area (Å²) in [5.74, 6) is 0.351. The van der Waals surface area contributed by atoms with Crippen LogP contribution in [-0.4, -0.2) is 83.1 Å². The van der Waals surface area contributed by atoms with Crippen LogP contribution in [0, 0.1) is 0 Å². The highest BCUT2D eigenvalue weighted by Crippen LogP contribution is 2.19. The Balaban J connectivity index is 1.63. The van der Waals surface area contributed by atoms with Crippen molar-refractivity contribution in [2.24, 2.45) is 10.7 Å². The smallest absolute Gasteiger partial charge is 0.252 e. The number of nitrogens with one attached hydrogen (secondary N) is 1. The lowest BCUT2D eigenvalue weighted by Gasteiger charge is -2.26. The lowest BCUT2D eigenvalue weighted by atomic mass is 10.3. The molecule has 0 spiro atoms. The molecule has 0 unspecified atom stereocenters. The van der Waals surface area contributed by atoms with E-state index in [4.69, 9.17) is 10.5 Å². The van der Waals surface area contributed by atoms with E-state index in [0.717, 1.165) is 39.3 Å². The lowest BCUT2D eigenvalue weighted by molar-refractivity contribution is 0.0377. The van der Waals surface area contributed by atoms with Gasteiger partial charge in [0.15, 0.2) is 5.96 Å². The third-order valence-electron chi connectivity index (χ3n) is 3.91. The largest absolute Gasteiger partial charge is 0.379 e. The number of morpholine rings is 1. The minimum atomic E-state index is -3.41. The fourth-order valence-electron chi connectivity index (χ4n) is 2.40. The second-order valence-electron chi connectivity index (χ2n) is 5.76. The van der Waals surface area contributed by atoms with E-state index in [1.165, 1.54) is 15.6 Å². The Kier molecular flexibility index (Phi) is 8.10. The molecule has 0 saturated carbocycles.